The van der Waals surface area contributed by atoms with E-state index in [2.05, 4.69) is 51.8 Å². The zero-order chi connectivity index (χ0) is 17.5. The van der Waals surface area contributed by atoms with Gasteiger partial charge in [0.25, 0.3) is 0 Å². The van der Waals surface area contributed by atoms with Gasteiger partial charge in [-0.25, -0.2) is 0 Å². The van der Waals surface area contributed by atoms with Gasteiger partial charge >= 0.3 is 0 Å². The van der Waals surface area contributed by atoms with Crippen molar-refractivity contribution in [1.29, 1.82) is 0 Å². The average Bonchev–Trinajstić information content (AvgIpc) is 3.32. The molecule has 0 radical (unpaired) electrons. The number of rotatable bonds is 6. The summed E-state index contributed by atoms with van der Waals surface area (Å²) in [6.07, 6.45) is 3.64. The first-order valence-electron chi connectivity index (χ1n) is 9.84. The lowest BCUT2D eigenvalue weighted by molar-refractivity contribution is 0.343. The highest BCUT2D eigenvalue weighted by molar-refractivity contribution is 7.14. The van der Waals surface area contributed by atoms with Gasteiger partial charge in [-0.15, -0.1) is 11.3 Å². The number of anilines is 1. The summed E-state index contributed by atoms with van der Waals surface area (Å²) >= 11 is 1.84. The van der Waals surface area contributed by atoms with Gasteiger partial charge in [-0.2, -0.15) is 0 Å². The van der Waals surface area contributed by atoms with E-state index in [0.717, 1.165) is 38.1 Å². The van der Waals surface area contributed by atoms with Crippen LogP contribution < -0.4 is 15.5 Å². The van der Waals surface area contributed by atoms with Gasteiger partial charge in [0.15, 0.2) is 5.96 Å². The monoisotopic (exact) mass is 363 g/mol. The quantitative estimate of drug-likeness (QED) is 0.602. The molecular weight excluding hydrogens is 330 g/mol. The number of guanidine groups is 1. The SMILES string of the molecule is CCNC(=NCC1CCN(CC)C1)NC1CCN(c2cccs2)CC1. The lowest BCUT2D eigenvalue weighted by Gasteiger charge is -2.33. The van der Waals surface area contributed by atoms with E-state index in [4.69, 9.17) is 4.99 Å². The maximum atomic E-state index is 4.88. The summed E-state index contributed by atoms with van der Waals surface area (Å²) in [4.78, 5) is 9.92. The summed E-state index contributed by atoms with van der Waals surface area (Å²) in [6, 6.07) is 4.90. The Hall–Kier alpha value is -1.27. The van der Waals surface area contributed by atoms with Gasteiger partial charge in [-0.1, -0.05) is 6.92 Å². The summed E-state index contributed by atoms with van der Waals surface area (Å²) in [6.45, 7) is 12.1. The second-order valence-electron chi connectivity index (χ2n) is 7.12. The van der Waals surface area contributed by atoms with Crippen LogP contribution in [0.3, 0.4) is 0 Å². The Kier molecular flexibility index (Phi) is 6.99. The lowest BCUT2D eigenvalue weighted by atomic mass is 10.1. The third kappa shape index (κ3) is 5.35. The number of nitrogens with zero attached hydrogens (tertiary/aromatic N) is 3. The number of piperidine rings is 1. The van der Waals surface area contributed by atoms with E-state index in [0.29, 0.717) is 6.04 Å². The van der Waals surface area contributed by atoms with E-state index in [-0.39, 0.29) is 0 Å². The molecule has 1 aromatic heterocycles. The van der Waals surface area contributed by atoms with Crippen LogP contribution in [0.2, 0.25) is 0 Å². The predicted molar refractivity (Wildman–Crippen MR) is 109 cm³/mol. The van der Waals surface area contributed by atoms with Crippen molar-refractivity contribution >= 4 is 22.3 Å². The second kappa shape index (κ2) is 9.43. The highest BCUT2D eigenvalue weighted by atomic mass is 32.1. The molecule has 3 heterocycles. The molecule has 0 amide bonds. The molecule has 2 aliphatic heterocycles. The van der Waals surface area contributed by atoms with Gasteiger partial charge in [0, 0.05) is 38.8 Å². The normalized spacial score (nSPS) is 23.2. The van der Waals surface area contributed by atoms with Gasteiger partial charge in [-0.3, -0.25) is 4.99 Å². The molecule has 25 heavy (non-hydrogen) atoms. The van der Waals surface area contributed by atoms with Gasteiger partial charge in [0.05, 0.1) is 5.00 Å². The summed E-state index contributed by atoms with van der Waals surface area (Å²) in [5.41, 5.74) is 0. The fourth-order valence-corrected chi connectivity index (χ4v) is 4.56. The molecule has 1 aromatic rings. The Morgan fingerprint density at radius 2 is 2.08 bits per heavy atom. The second-order valence-corrected chi connectivity index (χ2v) is 8.05. The highest BCUT2D eigenvalue weighted by Crippen LogP contribution is 2.24. The third-order valence-corrected chi connectivity index (χ3v) is 6.25. The van der Waals surface area contributed by atoms with Crippen molar-refractivity contribution in [3.05, 3.63) is 17.5 Å². The molecule has 0 aromatic carbocycles. The molecule has 5 nitrogen and oxygen atoms in total. The van der Waals surface area contributed by atoms with Gasteiger partial charge in [0.1, 0.15) is 0 Å². The van der Waals surface area contributed by atoms with Gasteiger partial charge < -0.3 is 20.4 Å². The van der Waals surface area contributed by atoms with Crippen LogP contribution in [0.1, 0.15) is 33.1 Å². The summed E-state index contributed by atoms with van der Waals surface area (Å²) < 4.78 is 0. The molecule has 1 unspecified atom stereocenters. The smallest absolute Gasteiger partial charge is 0.191 e. The van der Waals surface area contributed by atoms with Crippen molar-refractivity contribution in [3.63, 3.8) is 0 Å². The molecule has 3 rings (SSSR count). The first-order valence-corrected chi connectivity index (χ1v) is 10.7. The minimum atomic E-state index is 0.532. The van der Waals surface area contributed by atoms with Crippen LogP contribution in [0, 0.1) is 5.92 Å². The van der Waals surface area contributed by atoms with Crippen molar-refractivity contribution in [2.24, 2.45) is 10.9 Å². The van der Waals surface area contributed by atoms with E-state index < -0.39 is 0 Å². The maximum Gasteiger partial charge on any atom is 0.191 e. The van der Waals surface area contributed by atoms with Crippen LogP contribution in [-0.2, 0) is 0 Å². The van der Waals surface area contributed by atoms with Crippen LogP contribution >= 0.6 is 11.3 Å². The molecule has 1 atom stereocenters. The Labute approximate surface area is 156 Å². The Morgan fingerprint density at radius 3 is 2.72 bits per heavy atom. The Morgan fingerprint density at radius 1 is 1.24 bits per heavy atom. The Bertz CT molecular complexity index is 522. The molecule has 2 fully saturated rings. The maximum absolute atomic E-state index is 4.88. The van der Waals surface area contributed by atoms with E-state index in [1.54, 1.807) is 0 Å². The first kappa shape index (κ1) is 18.5. The number of likely N-dealkylation sites (tertiary alicyclic amines) is 1. The molecule has 2 aliphatic rings. The van der Waals surface area contributed by atoms with Crippen molar-refractivity contribution in [3.8, 4) is 0 Å². The van der Waals surface area contributed by atoms with Crippen LogP contribution in [0.25, 0.3) is 0 Å². The molecule has 0 saturated carbocycles. The largest absolute Gasteiger partial charge is 0.363 e. The number of nitrogens with one attached hydrogen (secondary N) is 2. The molecule has 2 N–H and O–H groups in total. The molecule has 6 heteroatoms. The lowest BCUT2D eigenvalue weighted by Crippen LogP contribution is -2.48. The molecule has 0 bridgehead atoms. The van der Waals surface area contributed by atoms with E-state index in [1.165, 1.54) is 43.9 Å². The molecule has 0 spiro atoms. The number of aliphatic imine (C=N–C) groups is 1. The van der Waals surface area contributed by atoms with Gasteiger partial charge in [-0.05, 0) is 62.7 Å². The van der Waals surface area contributed by atoms with E-state index in [9.17, 15) is 0 Å². The highest BCUT2D eigenvalue weighted by Gasteiger charge is 2.22. The molecule has 0 aliphatic carbocycles. The summed E-state index contributed by atoms with van der Waals surface area (Å²) in [5.74, 6) is 1.73. The van der Waals surface area contributed by atoms with E-state index in [1.807, 2.05) is 11.3 Å². The zero-order valence-corrected chi connectivity index (χ0v) is 16.5. The minimum Gasteiger partial charge on any atom is -0.363 e. The minimum absolute atomic E-state index is 0.532. The fourth-order valence-electron chi connectivity index (χ4n) is 3.78. The van der Waals surface area contributed by atoms with Gasteiger partial charge in [0.2, 0.25) is 0 Å². The van der Waals surface area contributed by atoms with Crippen molar-refractivity contribution in [1.82, 2.24) is 15.5 Å². The van der Waals surface area contributed by atoms with Crippen LogP contribution in [-0.4, -0.2) is 62.7 Å². The van der Waals surface area contributed by atoms with E-state index >= 15 is 0 Å². The van der Waals surface area contributed by atoms with Crippen molar-refractivity contribution < 1.29 is 0 Å². The summed E-state index contributed by atoms with van der Waals surface area (Å²) in [5, 5.41) is 10.7. The average molecular weight is 364 g/mol. The molecular formula is C19H33N5S. The number of hydrogen-bond donors (Lipinski definition) is 2. The van der Waals surface area contributed by atoms with Crippen molar-refractivity contribution in [2.75, 3.05) is 50.7 Å². The summed E-state index contributed by atoms with van der Waals surface area (Å²) in [7, 11) is 0. The zero-order valence-electron chi connectivity index (χ0n) is 15.7. The molecule has 2 saturated heterocycles. The first-order chi connectivity index (χ1) is 12.3. The predicted octanol–water partition coefficient (Wildman–Crippen LogP) is 2.61. The fraction of sp³-hybridized carbons (Fsp3) is 0.737. The molecule has 140 valence electrons. The van der Waals surface area contributed by atoms with Crippen molar-refractivity contribution in [2.45, 2.75) is 39.2 Å². The van der Waals surface area contributed by atoms with Crippen LogP contribution in [0.4, 0.5) is 5.00 Å². The van der Waals surface area contributed by atoms with Crippen LogP contribution in [0.15, 0.2) is 22.5 Å². The number of hydrogen-bond acceptors (Lipinski definition) is 4. The topological polar surface area (TPSA) is 42.9 Å². The standard InChI is InChI=1S/C19H33N5S/c1-3-20-19(21-14-16-7-10-23(4-2)15-16)22-17-8-11-24(12-9-17)18-6-5-13-25-18/h5-6,13,16-17H,3-4,7-12,14-15H2,1-2H3,(H2,20,21,22). The third-order valence-electron chi connectivity index (χ3n) is 5.32. The van der Waals surface area contributed by atoms with Crippen LogP contribution in [0.5, 0.6) is 0 Å². The Balaban J connectivity index is 1.46. The number of thiophene rings is 1.